The molecule has 88 valence electrons. The highest BCUT2D eigenvalue weighted by Crippen LogP contribution is 2.14. The summed E-state index contributed by atoms with van der Waals surface area (Å²) in [6.45, 7) is 0.632. The van der Waals surface area contributed by atoms with Crippen LogP contribution in [0.1, 0.15) is 12.0 Å². The van der Waals surface area contributed by atoms with Gasteiger partial charge >= 0.3 is 0 Å². The minimum atomic E-state index is -2.80. The van der Waals surface area contributed by atoms with E-state index in [1.807, 2.05) is 24.3 Å². The summed E-state index contributed by atoms with van der Waals surface area (Å²) in [5.74, 6) is 0.550. The van der Waals surface area contributed by atoms with Gasteiger partial charge in [-0.1, -0.05) is 18.2 Å². The Labute approximate surface area is 95.8 Å². The maximum Gasteiger partial charge on any atom is 0.151 e. The van der Waals surface area contributed by atoms with E-state index in [0.717, 1.165) is 11.3 Å². The van der Waals surface area contributed by atoms with E-state index in [9.17, 15) is 8.42 Å². The fourth-order valence-corrected chi connectivity index (χ4v) is 3.61. The molecule has 0 radical (unpaired) electrons. The Morgan fingerprint density at radius 1 is 1.38 bits per heavy atom. The van der Waals surface area contributed by atoms with E-state index in [-0.39, 0.29) is 11.8 Å². The monoisotopic (exact) mass is 240 g/mol. The Morgan fingerprint density at radius 3 is 2.75 bits per heavy atom. The number of rotatable bonds is 3. The van der Waals surface area contributed by atoms with Crippen molar-refractivity contribution in [2.24, 2.45) is 0 Å². The van der Waals surface area contributed by atoms with E-state index in [2.05, 4.69) is 5.32 Å². The number of nitrogen functional groups attached to an aromatic ring is 1. The van der Waals surface area contributed by atoms with Gasteiger partial charge < -0.3 is 11.1 Å². The van der Waals surface area contributed by atoms with Crippen LogP contribution in [0.4, 0.5) is 5.69 Å². The molecule has 2 rings (SSSR count). The van der Waals surface area contributed by atoms with Gasteiger partial charge in [0.05, 0.1) is 11.5 Å². The van der Waals surface area contributed by atoms with Crippen molar-refractivity contribution in [1.82, 2.24) is 5.32 Å². The molecule has 5 heteroatoms. The van der Waals surface area contributed by atoms with Crippen molar-refractivity contribution in [2.45, 2.75) is 19.0 Å². The highest BCUT2D eigenvalue weighted by molar-refractivity contribution is 7.91. The van der Waals surface area contributed by atoms with Crippen LogP contribution >= 0.6 is 0 Å². The lowest BCUT2D eigenvalue weighted by Gasteiger charge is -2.11. The maximum atomic E-state index is 11.3. The lowest BCUT2D eigenvalue weighted by atomic mass is 10.1. The van der Waals surface area contributed by atoms with Crippen molar-refractivity contribution in [3.63, 3.8) is 0 Å². The summed E-state index contributed by atoms with van der Waals surface area (Å²) in [4.78, 5) is 0. The first-order valence-electron chi connectivity index (χ1n) is 5.34. The number of nitrogens with two attached hydrogens (primary N) is 1. The van der Waals surface area contributed by atoms with Crippen LogP contribution in [0.15, 0.2) is 24.3 Å². The van der Waals surface area contributed by atoms with Crippen LogP contribution in [0.3, 0.4) is 0 Å². The van der Waals surface area contributed by atoms with E-state index in [1.165, 1.54) is 0 Å². The molecule has 0 bridgehead atoms. The fraction of sp³-hybridized carbons (Fsp3) is 0.455. The molecule has 0 aromatic heterocycles. The lowest BCUT2D eigenvalue weighted by molar-refractivity contribution is 0.555. The van der Waals surface area contributed by atoms with Crippen LogP contribution in [-0.4, -0.2) is 26.0 Å². The zero-order valence-corrected chi connectivity index (χ0v) is 9.83. The molecule has 0 amide bonds. The summed E-state index contributed by atoms with van der Waals surface area (Å²) in [6.07, 6.45) is 0.703. The molecule has 1 unspecified atom stereocenters. The molecular weight excluding hydrogens is 224 g/mol. The van der Waals surface area contributed by atoms with Gasteiger partial charge in [0, 0.05) is 18.3 Å². The van der Waals surface area contributed by atoms with Gasteiger partial charge in [-0.05, 0) is 18.1 Å². The molecule has 16 heavy (non-hydrogen) atoms. The number of para-hydroxylation sites is 1. The summed E-state index contributed by atoms with van der Waals surface area (Å²) in [5.41, 5.74) is 7.57. The molecule has 1 atom stereocenters. The van der Waals surface area contributed by atoms with E-state index in [4.69, 9.17) is 5.73 Å². The molecule has 1 aliphatic heterocycles. The third-order valence-corrected chi connectivity index (χ3v) is 4.64. The molecule has 1 aliphatic rings. The number of anilines is 1. The average molecular weight is 240 g/mol. The zero-order valence-electron chi connectivity index (χ0n) is 9.02. The molecular formula is C11H16N2O2S. The predicted octanol–water partition coefficient (Wildman–Crippen LogP) is 0.545. The van der Waals surface area contributed by atoms with E-state index < -0.39 is 9.84 Å². The number of hydrogen-bond donors (Lipinski definition) is 2. The summed E-state index contributed by atoms with van der Waals surface area (Å²) in [5, 5.41) is 3.24. The normalized spacial score (nSPS) is 23.4. The molecule has 0 aliphatic carbocycles. The van der Waals surface area contributed by atoms with Crippen LogP contribution in [0.25, 0.3) is 0 Å². The Kier molecular flexibility index (Phi) is 3.16. The highest BCUT2D eigenvalue weighted by atomic mass is 32.2. The Balaban J connectivity index is 1.92. The molecule has 1 saturated heterocycles. The van der Waals surface area contributed by atoms with Crippen molar-refractivity contribution < 1.29 is 8.42 Å². The molecule has 0 spiro atoms. The predicted molar refractivity (Wildman–Crippen MR) is 64.8 cm³/mol. The van der Waals surface area contributed by atoms with E-state index in [0.29, 0.717) is 18.7 Å². The molecule has 1 fully saturated rings. The topological polar surface area (TPSA) is 72.2 Å². The van der Waals surface area contributed by atoms with Gasteiger partial charge in [-0.15, -0.1) is 0 Å². The first-order chi connectivity index (χ1) is 7.57. The van der Waals surface area contributed by atoms with Crippen LogP contribution < -0.4 is 11.1 Å². The van der Waals surface area contributed by atoms with Crippen LogP contribution in [-0.2, 0) is 16.4 Å². The van der Waals surface area contributed by atoms with Crippen molar-refractivity contribution in [3.8, 4) is 0 Å². The summed E-state index contributed by atoms with van der Waals surface area (Å²) in [6, 6.07) is 7.69. The maximum absolute atomic E-state index is 11.3. The molecule has 0 saturated carbocycles. The van der Waals surface area contributed by atoms with Gasteiger partial charge in [0.1, 0.15) is 0 Å². The summed E-state index contributed by atoms with van der Waals surface area (Å²) in [7, 11) is -2.80. The quantitative estimate of drug-likeness (QED) is 0.757. The van der Waals surface area contributed by atoms with Crippen LogP contribution in [0.5, 0.6) is 0 Å². The van der Waals surface area contributed by atoms with Gasteiger partial charge in [0.15, 0.2) is 9.84 Å². The molecule has 1 heterocycles. The van der Waals surface area contributed by atoms with Crippen molar-refractivity contribution in [2.75, 3.05) is 17.2 Å². The standard InChI is InChI=1S/C11H16N2O2S/c12-11-4-2-1-3-9(11)7-13-10-5-6-16(14,15)8-10/h1-4,10,13H,5-8,12H2. The number of benzene rings is 1. The first kappa shape index (κ1) is 11.4. The second-order valence-corrected chi connectivity index (χ2v) is 6.41. The Hall–Kier alpha value is -1.07. The van der Waals surface area contributed by atoms with Gasteiger partial charge in [-0.2, -0.15) is 0 Å². The molecule has 4 nitrogen and oxygen atoms in total. The molecule has 3 N–H and O–H groups in total. The van der Waals surface area contributed by atoms with Gasteiger partial charge in [0.25, 0.3) is 0 Å². The minimum Gasteiger partial charge on any atom is -0.398 e. The fourth-order valence-electron chi connectivity index (χ4n) is 1.91. The number of sulfone groups is 1. The summed E-state index contributed by atoms with van der Waals surface area (Å²) >= 11 is 0. The smallest absolute Gasteiger partial charge is 0.151 e. The first-order valence-corrected chi connectivity index (χ1v) is 7.16. The zero-order chi connectivity index (χ0) is 11.6. The number of nitrogens with one attached hydrogen (secondary N) is 1. The summed E-state index contributed by atoms with van der Waals surface area (Å²) < 4.78 is 22.5. The van der Waals surface area contributed by atoms with Gasteiger partial charge in [0.2, 0.25) is 0 Å². The van der Waals surface area contributed by atoms with Crippen LogP contribution in [0, 0.1) is 0 Å². The second-order valence-electron chi connectivity index (χ2n) is 4.18. The third-order valence-electron chi connectivity index (χ3n) is 2.87. The van der Waals surface area contributed by atoms with Crippen LogP contribution in [0.2, 0.25) is 0 Å². The van der Waals surface area contributed by atoms with Crippen molar-refractivity contribution in [3.05, 3.63) is 29.8 Å². The van der Waals surface area contributed by atoms with Gasteiger partial charge in [-0.25, -0.2) is 8.42 Å². The second kappa shape index (κ2) is 4.43. The lowest BCUT2D eigenvalue weighted by Crippen LogP contribution is -2.29. The largest absolute Gasteiger partial charge is 0.398 e. The van der Waals surface area contributed by atoms with Crippen molar-refractivity contribution in [1.29, 1.82) is 0 Å². The third kappa shape index (κ3) is 2.74. The van der Waals surface area contributed by atoms with E-state index >= 15 is 0 Å². The number of hydrogen-bond acceptors (Lipinski definition) is 4. The van der Waals surface area contributed by atoms with Gasteiger partial charge in [-0.3, -0.25) is 0 Å². The SMILES string of the molecule is Nc1ccccc1CNC1CCS(=O)(=O)C1. The Bertz CT molecular complexity index is 471. The molecule has 1 aromatic carbocycles. The average Bonchev–Trinajstić information content (AvgIpc) is 2.57. The van der Waals surface area contributed by atoms with E-state index in [1.54, 1.807) is 0 Å². The Morgan fingerprint density at radius 2 is 2.12 bits per heavy atom. The minimum absolute atomic E-state index is 0.0737. The highest BCUT2D eigenvalue weighted by Gasteiger charge is 2.27. The molecule has 1 aromatic rings. The van der Waals surface area contributed by atoms with Crippen molar-refractivity contribution >= 4 is 15.5 Å².